The van der Waals surface area contributed by atoms with E-state index < -0.39 is 41.9 Å². The van der Waals surface area contributed by atoms with Gasteiger partial charge in [0.25, 0.3) is 5.91 Å². The molecule has 220 valence electrons. The Balaban J connectivity index is 1.15. The van der Waals surface area contributed by atoms with Gasteiger partial charge in [-0.25, -0.2) is 18.4 Å². The van der Waals surface area contributed by atoms with Crippen LogP contribution in [0.25, 0.3) is 0 Å². The number of halogens is 2. The first kappa shape index (κ1) is 28.1. The van der Waals surface area contributed by atoms with Crippen molar-refractivity contribution in [1.29, 1.82) is 0 Å². The Bertz CT molecular complexity index is 1320. The van der Waals surface area contributed by atoms with E-state index in [1.54, 1.807) is 13.0 Å². The van der Waals surface area contributed by atoms with E-state index in [1.807, 2.05) is 0 Å². The van der Waals surface area contributed by atoms with Crippen LogP contribution in [0, 0.1) is 11.6 Å². The van der Waals surface area contributed by atoms with Gasteiger partial charge in [-0.05, 0) is 19.8 Å². The van der Waals surface area contributed by atoms with Crippen molar-refractivity contribution >= 4 is 35.4 Å². The van der Waals surface area contributed by atoms with Crippen LogP contribution in [0.2, 0.25) is 0 Å². The summed E-state index contributed by atoms with van der Waals surface area (Å²) in [5.41, 5.74) is -0.179. The van der Waals surface area contributed by atoms with Crippen LogP contribution < -0.4 is 20.4 Å². The van der Waals surface area contributed by atoms with E-state index in [1.165, 1.54) is 16.9 Å². The largest absolute Gasteiger partial charge is 0.453 e. The summed E-state index contributed by atoms with van der Waals surface area (Å²) in [4.78, 5) is 53.0. The number of anilines is 2. The molecule has 1 aromatic carbocycles. The number of carbonyl (C=O) groups is 4. The molecule has 1 saturated carbocycles. The van der Waals surface area contributed by atoms with Crippen LogP contribution in [0.3, 0.4) is 0 Å². The quantitative estimate of drug-likeness (QED) is 0.482. The average Bonchev–Trinajstić information content (AvgIpc) is 3.56. The Hall–Kier alpha value is -4.43. The number of ether oxygens (including phenoxy) is 2. The number of piperazine rings is 1. The first-order valence-corrected chi connectivity index (χ1v) is 13.2. The van der Waals surface area contributed by atoms with Crippen molar-refractivity contribution in [2.24, 2.45) is 0 Å². The summed E-state index contributed by atoms with van der Waals surface area (Å²) >= 11 is 0. The number of amides is 4. The molecule has 2 N–H and O–H groups in total. The van der Waals surface area contributed by atoms with Crippen molar-refractivity contribution in [3.8, 4) is 0 Å². The van der Waals surface area contributed by atoms with Crippen LogP contribution in [0.5, 0.6) is 0 Å². The molecule has 0 spiro atoms. The van der Waals surface area contributed by atoms with Crippen LogP contribution >= 0.6 is 0 Å². The second-order valence-corrected chi connectivity index (χ2v) is 10.1. The summed E-state index contributed by atoms with van der Waals surface area (Å²) in [6, 6.07) is 2.84. The van der Waals surface area contributed by atoms with Gasteiger partial charge in [-0.15, -0.1) is 0 Å². The molecule has 1 aromatic heterocycles. The number of nitrogens with one attached hydrogen (secondary N) is 2. The monoisotopic (exact) mass is 576 g/mol. The van der Waals surface area contributed by atoms with Crippen molar-refractivity contribution in [3.05, 3.63) is 41.3 Å². The van der Waals surface area contributed by atoms with Crippen LogP contribution in [-0.2, 0) is 14.3 Å². The maximum Gasteiger partial charge on any atom is 0.414 e. The van der Waals surface area contributed by atoms with Crippen LogP contribution in [0.1, 0.15) is 41.9 Å². The zero-order valence-corrected chi connectivity index (χ0v) is 22.5. The van der Waals surface area contributed by atoms with E-state index >= 15 is 8.78 Å². The maximum atomic E-state index is 15.1. The number of cyclic esters (lactones) is 1. The number of aromatic nitrogens is 1. The zero-order valence-electron chi connectivity index (χ0n) is 22.5. The molecule has 2 aromatic rings. The van der Waals surface area contributed by atoms with Gasteiger partial charge in [0.1, 0.15) is 23.6 Å². The molecule has 13 nitrogen and oxygen atoms in total. The molecule has 3 fully saturated rings. The molecule has 2 atom stereocenters. The smallest absolute Gasteiger partial charge is 0.414 e. The molecule has 5 rings (SSSR count). The highest BCUT2D eigenvalue weighted by Gasteiger charge is 2.35. The Labute approximate surface area is 233 Å². The van der Waals surface area contributed by atoms with Gasteiger partial charge in [-0.3, -0.25) is 14.5 Å². The molecule has 3 aliphatic rings. The van der Waals surface area contributed by atoms with E-state index in [9.17, 15) is 19.2 Å². The number of methoxy groups -OCH3 is 1. The normalized spacial score (nSPS) is 19.6. The summed E-state index contributed by atoms with van der Waals surface area (Å²) < 4.78 is 45.1. The highest BCUT2D eigenvalue weighted by molar-refractivity contribution is 5.96. The predicted molar refractivity (Wildman–Crippen MR) is 139 cm³/mol. The van der Waals surface area contributed by atoms with E-state index in [-0.39, 0.29) is 62.2 Å². The van der Waals surface area contributed by atoms with Gasteiger partial charge < -0.3 is 34.4 Å². The molecule has 0 bridgehead atoms. The lowest BCUT2D eigenvalue weighted by molar-refractivity contribution is -0.133. The van der Waals surface area contributed by atoms with Crippen LogP contribution in [-0.4, -0.2) is 92.6 Å². The minimum atomic E-state index is -0.873. The summed E-state index contributed by atoms with van der Waals surface area (Å²) in [6.45, 7) is 2.19. The van der Waals surface area contributed by atoms with Crippen molar-refractivity contribution in [2.45, 2.75) is 37.8 Å². The molecule has 2 aliphatic heterocycles. The lowest BCUT2D eigenvalue weighted by Crippen LogP contribution is -2.54. The Morgan fingerprint density at radius 3 is 2.44 bits per heavy atom. The molecule has 4 amide bonds. The minimum absolute atomic E-state index is 0.0189. The minimum Gasteiger partial charge on any atom is -0.453 e. The molecule has 41 heavy (non-hydrogen) atoms. The number of rotatable bonds is 8. The SMILES string of the molecule is COC(=O)NC[C@H]1CN(c2cc(F)c(N3CCN(C(=O)[C@H](C)NC(=O)c4cc(C5CC5)on4)CC3)c(F)c2)C(=O)O1. The fraction of sp³-hybridized carbons (Fsp3) is 0.500. The van der Waals surface area contributed by atoms with Crippen molar-refractivity contribution in [2.75, 3.05) is 56.2 Å². The molecule has 0 radical (unpaired) electrons. The zero-order chi connectivity index (χ0) is 29.3. The van der Waals surface area contributed by atoms with Crippen molar-refractivity contribution < 1.29 is 42.0 Å². The third-order valence-corrected chi connectivity index (χ3v) is 7.21. The fourth-order valence-corrected chi connectivity index (χ4v) is 4.83. The summed E-state index contributed by atoms with van der Waals surface area (Å²) in [6.07, 6.45) is -0.217. The number of benzene rings is 1. The van der Waals surface area contributed by atoms with Gasteiger partial charge in [0.2, 0.25) is 5.91 Å². The number of carbonyl (C=O) groups excluding carboxylic acids is 4. The topological polar surface area (TPSA) is 147 Å². The fourth-order valence-electron chi connectivity index (χ4n) is 4.83. The van der Waals surface area contributed by atoms with Gasteiger partial charge in [-0.1, -0.05) is 5.16 Å². The van der Waals surface area contributed by atoms with Crippen molar-refractivity contribution in [1.82, 2.24) is 20.7 Å². The number of hydrogen-bond donors (Lipinski definition) is 2. The Kier molecular flexibility index (Phi) is 7.94. The predicted octanol–water partition coefficient (Wildman–Crippen LogP) is 1.98. The van der Waals surface area contributed by atoms with E-state index in [2.05, 4.69) is 20.5 Å². The maximum absolute atomic E-state index is 15.1. The van der Waals surface area contributed by atoms with Gasteiger partial charge >= 0.3 is 12.2 Å². The lowest BCUT2D eigenvalue weighted by Gasteiger charge is -2.37. The second-order valence-electron chi connectivity index (χ2n) is 10.1. The van der Waals surface area contributed by atoms with Gasteiger partial charge in [0.05, 0.1) is 25.9 Å². The van der Waals surface area contributed by atoms with E-state index in [0.29, 0.717) is 11.7 Å². The molecule has 0 unspecified atom stereocenters. The van der Waals surface area contributed by atoms with E-state index in [0.717, 1.165) is 29.9 Å². The average molecular weight is 577 g/mol. The van der Waals surface area contributed by atoms with Crippen LogP contribution in [0.15, 0.2) is 22.7 Å². The highest BCUT2D eigenvalue weighted by Crippen LogP contribution is 2.40. The lowest BCUT2D eigenvalue weighted by atomic mass is 10.1. The van der Waals surface area contributed by atoms with E-state index in [4.69, 9.17) is 9.26 Å². The molecule has 3 heterocycles. The number of hydrogen-bond acceptors (Lipinski definition) is 9. The van der Waals surface area contributed by atoms with Gasteiger partial charge in [0, 0.05) is 50.3 Å². The molecular formula is C26H30F2N6O7. The third-order valence-electron chi connectivity index (χ3n) is 7.21. The Morgan fingerprint density at radius 2 is 1.80 bits per heavy atom. The molecule has 2 saturated heterocycles. The molecule has 15 heteroatoms. The van der Waals surface area contributed by atoms with Crippen LogP contribution in [0.4, 0.5) is 29.7 Å². The second kappa shape index (κ2) is 11.6. The standard InChI is InChI=1S/C26H30F2N6O7/c1-14(30-23(35)20-11-21(41-31-20)15-3-4-15)24(36)33-7-5-32(6-8-33)22-18(27)9-16(10-19(22)28)34-13-17(40-26(34)38)12-29-25(37)39-2/h9-11,14-15,17H,3-8,12-13H2,1-2H3,(H,29,37)(H,30,35)/t14-,17-/m0/s1. The summed E-state index contributed by atoms with van der Waals surface area (Å²) in [5.74, 6) is -1.63. The first-order valence-electron chi connectivity index (χ1n) is 13.2. The highest BCUT2D eigenvalue weighted by atomic mass is 19.1. The van der Waals surface area contributed by atoms with Gasteiger partial charge in [-0.2, -0.15) is 0 Å². The van der Waals surface area contributed by atoms with Crippen molar-refractivity contribution in [3.63, 3.8) is 0 Å². The van der Waals surface area contributed by atoms with Gasteiger partial charge in [0.15, 0.2) is 17.3 Å². The summed E-state index contributed by atoms with van der Waals surface area (Å²) in [5, 5.41) is 8.82. The Morgan fingerprint density at radius 1 is 1.12 bits per heavy atom. The third kappa shape index (κ3) is 6.18. The number of nitrogens with zero attached hydrogens (tertiary/aromatic N) is 4. The molecule has 1 aliphatic carbocycles. The number of alkyl carbamates (subject to hydrolysis) is 1. The summed E-state index contributed by atoms with van der Waals surface area (Å²) in [7, 11) is 1.19. The first-order chi connectivity index (χ1) is 19.6. The molecular weight excluding hydrogens is 546 g/mol.